The van der Waals surface area contributed by atoms with Gasteiger partial charge in [0, 0.05) is 6.42 Å². The van der Waals surface area contributed by atoms with Crippen molar-refractivity contribution in [2.24, 2.45) is 5.92 Å². The van der Waals surface area contributed by atoms with E-state index in [2.05, 4.69) is 12.2 Å². The van der Waals surface area contributed by atoms with Crippen LogP contribution in [0.2, 0.25) is 0 Å². The third kappa shape index (κ3) is 6.32. The molecule has 86 valence electrons. The summed E-state index contributed by atoms with van der Waals surface area (Å²) in [5.41, 5.74) is 0. The van der Waals surface area contributed by atoms with E-state index in [4.69, 9.17) is 5.11 Å². The Bertz CT molecular complexity index is 201. The molecule has 0 spiro atoms. The summed E-state index contributed by atoms with van der Waals surface area (Å²) in [5.74, 6) is 0.246. The predicted octanol–water partition coefficient (Wildman–Crippen LogP) is 3.77. The van der Waals surface area contributed by atoms with Crippen LogP contribution in [0.4, 0.5) is 0 Å². The lowest BCUT2D eigenvalue weighted by atomic mass is 9.98. The number of carbonyl (C=O) groups is 1. The molecule has 2 nitrogen and oxygen atoms in total. The van der Waals surface area contributed by atoms with Crippen LogP contribution in [0.3, 0.4) is 0 Å². The summed E-state index contributed by atoms with van der Waals surface area (Å²) in [6.07, 6.45) is 14.5. The van der Waals surface area contributed by atoms with Gasteiger partial charge in [0.05, 0.1) is 0 Å². The molecule has 0 atom stereocenters. The predicted molar refractivity (Wildman–Crippen MR) is 61.8 cm³/mol. The van der Waals surface area contributed by atoms with Gasteiger partial charge in [0.2, 0.25) is 0 Å². The third-order valence-corrected chi connectivity index (χ3v) is 3.11. The van der Waals surface area contributed by atoms with Gasteiger partial charge in [-0.2, -0.15) is 0 Å². The Morgan fingerprint density at radius 1 is 1.07 bits per heavy atom. The molecular formula is C13H22O2. The van der Waals surface area contributed by atoms with Crippen molar-refractivity contribution in [2.75, 3.05) is 0 Å². The van der Waals surface area contributed by atoms with E-state index in [1.807, 2.05) is 0 Å². The second kappa shape index (κ2) is 7.49. The zero-order valence-corrected chi connectivity index (χ0v) is 9.45. The van der Waals surface area contributed by atoms with Gasteiger partial charge in [0.1, 0.15) is 0 Å². The van der Waals surface area contributed by atoms with Gasteiger partial charge in [-0.25, -0.2) is 0 Å². The second-order valence-electron chi connectivity index (χ2n) is 4.51. The highest BCUT2D eigenvalue weighted by molar-refractivity contribution is 5.66. The van der Waals surface area contributed by atoms with Crippen LogP contribution in [-0.2, 0) is 4.79 Å². The highest BCUT2D eigenvalue weighted by Crippen LogP contribution is 2.23. The Labute approximate surface area is 92.4 Å². The van der Waals surface area contributed by atoms with E-state index in [1.54, 1.807) is 0 Å². The average molecular weight is 210 g/mol. The van der Waals surface area contributed by atoms with Crippen molar-refractivity contribution in [1.82, 2.24) is 0 Å². The summed E-state index contributed by atoms with van der Waals surface area (Å²) >= 11 is 0. The molecule has 0 amide bonds. The molecule has 0 saturated carbocycles. The number of unbranched alkanes of at least 4 members (excludes halogenated alkanes) is 4. The second-order valence-corrected chi connectivity index (χ2v) is 4.51. The molecule has 0 bridgehead atoms. The molecule has 0 heterocycles. The van der Waals surface area contributed by atoms with Crippen LogP contribution in [0.15, 0.2) is 12.2 Å². The van der Waals surface area contributed by atoms with Gasteiger partial charge in [-0.05, 0) is 31.6 Å². The number of allylic oxidation sites excluding steroid dienone is 2. The summed E-state index contributed by atoms with van der Waals surface area (Å²) in [6, 6.07) is 0. The summed E-state index contributed by atoms with van der Waals surface area (Å²) in [4.78, 5) is 10.3. The lowest BCUT2D eigenvalue weighted by Crippen LogP contribution is -1.95. The topological polar surface area (TPSA) is 37.3 Å². The highest BCUT2D eigenvalue weighted by atomic mass is 16.4. The third-order valence-electron chi connectivity index (χ3n) is 3.11. The molecule has 0 saturated heterocycles. The summed E-state index contributed by atoms with van der Waals surface area (Å²) in [7, 11) is 0. The van der Waals surface area contributed by atoms with Gasteiger partial charge >= 0.3 is 5.97 Å². The van der Waals surface area contributed by atoms with Crippen molar-refractivity contribution >= 4 is 5.97 Å². The minimum Gasteiger partial charge on any atom is -0.481 e. The van der Waals surface area contributed by atoms with Crippen LogP contribution in [0.1, 0.15) is 57.8 Å². The van der Waals surface area contributed by atoms with Crippen molar-refractivity contribution in [3.8, 4) is 0 Å². The van der Waals surface area contributed by atoms with Gasteiger partial charge in [-0.15, -0.1) is 0 Å². The van der Waals surface area contributed by atoms with Crippen molar-refractivity contribution in [3.05, 3.63) is 12.2 Å². The Balaban J connectivity index is 1.79. The SMILES string of the molecule is O=C(O)CCCCCCCC1CC=CC1. The van der Waals surface area contributed by atoms with Crippen LogP contribution in [-0.4, -0.2) is 11.1 Å². The molecule has 0 aromatic rings. The van der Waals surface area contributed by atoms with Gasteiger partial charge in [-0.1, -0.05) is 37.8 Å². The molecule has 1 aliphatic carbocycles. The Hall–Kier alpha value is -0.790. The number of carboxylic acid groups (broad SMARTS) is 1. The van der Waals surface area contributed by atoms with Crippen LogP contribution in [0, 0.1) is 5.92 Å². The van der Waals surface area contributed by atoms with Crippen molar-refractivity contribution in [3.63, 3.8) is 0 Å². The maximum atomic E-state index is 10.3. The van der Waals surface area contributed by atoms with E-state index in [1.165, 1.54) is 38.5 Å². The highest BCUT2D eigenvalue weighted by Gasteiger charge is 2.08. The molecule has 0 aromatic carbocycles. The zero-order valence-electron chi connectivity index (χ0n) is 9.45. The van der Waals surface area contributed by atoms with E-state index in [-0.39, 0.29) is 0 Å². The fourth-order valence-electron chi connectivity index (χ4n) is 2.15. The molecule has 1 aliphatic rings. The first-order valence-electron chi connectivity index (χ1n) is 6.16. The normalized spacial score (nSPS) is 16.0. The Kier molecular flexibility index (Phi) is 6.14. The molecule has 0 unspecified atom stereocenters. The number of hydrogen-bond acceptors (Lipinski definition) is 1. The largest absolute Gasteiger partial charge is 0.481 e. The average Bonchev–Trinajstić information content (AvgIpc) is 2.68. The number of aliphatic carboxylic acids is 1. The molecule has 1 rings (SSSR count). The van der Waals surface area contributed by atoms with E-state index < -0.39 is 5.97 Å². The van der Waals surface area contributed by atoms with Gasteiger partial charge in [0.15, 0.2) is 0 Å². The van der Waals surface area contributed by atoms with Gasteiger partial charge in [-0.3, -0.25) is 4.79 Å². The lowest BCUT2D eigenvalue weighted by Gasteiger charge is -2.07. The first kappa shape index (κ1) is 12.3. The fraction of sp³-hybridized carbons (Fsp3) is 0.769. The first-order valence-corrected chi connectivity index (χ1v) is 6.16. The van der Waals surface area contributed by atoms with E-state index in [0.29, 0.717) is 6.42 Å². The molecule has 1 N–H and O–H groups in total. The maximum absolute atomic E-state index is 10.3. The number of hydrogen-bond donors (Lipinski definition) is 1. The van der Waals surface area contributed by atoms with Crippen LogP contribution >= 0.6 is 0 Å². The minimum atomic E-state index is -0.660. The van der Waals surface area contributed by atoms with E-state index in [0.717, 1.165) is 18.8 Å². The van der Waals surface area contributed by atoms with Gasteiger partial charge in [0.25, 0.3) is 0 Å². The number of rotatable bonds is 8. The zero-order chi connectivity index (χ0) is 10.9. The number of carboxylic acids is 1. The molecule has 0 aliphatic heterocycles. The van der Waals surface area contributed by atoms with Crippen molar-refractivity contribution in [1.29, 1.82) is 0 Å². The monoisotopic (exact) mass is 210 g/mol. The summed E-state index contributed by atoms with van der Waals surface area (Å²) in [5, 5.41) is 8.45. The molecule has 0 aromatic heterocycles. The van der Waals surface area contributed by atoms with Crippen molar-refractivity contribution < 1.29 is 9.90 Å². The minimum absolute atomic E-state index is 0.340. The molecule has 0 fully saturated rings. The molecular weight excluding hydrogens is 188 g/mol. The van der Waals surface area contributed by atoms with Crippen LogP contribution in [0.5, 0.6) is 0 Å². The molecule has 15 heavy (non-hydrogen) atoms. The standard InChI is InChI=1S/C13H22O2/c14-13(15)11-5-3-1-2-4-8-12-9-6-7-10-12/h6-7,12H,1-5,8-11H2,(H,14,15). The summed E-state index contributed by atoms with van der Waals surface area (Å²) < 4.78 is 0. The lowest BCUT2D eigenvalue weighted by molar-refractivity contribution is -0.137. The van der Waals surface area contributed by atoms with Gasteiger partial charge < -0.3 is 5.11 Å². The van der Waals surface area contributed by atoms with E-state index >= 15 is 0 Å². The first-order chi connectivity index (χ1) is 7.29. The van der Waals surface area contributed by atoms with E-state index in [9.17, 15) is 4.79 Å². The smallest absolute Gasteiger partial charge is 0.303 e. The summed E-state index contributed by atoms with van der Waals surface area (Å²) in [6.45, 7) is 0. The van der Waals surface area contributed by atoms with Crippen molar-refractivity contribution in [2.45, 2.75) is 57.8 Å². The Morgan fingerprint density at radius 3 is 2.33 bits per heavy atom. The van der Waals surface area contributed by atoms with Crippen LogP contribution < -0.4 is 0 Å². The van der Waals surface area contributed by atoms with Crippen LogP contribution in [0.25, 0.3) is 0 Å². The molecule has 2 heteroatoms. The molecule has 0 radical (unpaired) electrons. The fourth-order valence-corrected chi connectivity index (χ4v) is 2.15. The maximum Gasteiger partial charge on any atom is 0.303 e. The quantitative estimate of drug-likeness (QED) is 0.489. The Morgan fingerprint density at radius 2 is 1.67 bits per heavy atom.